The molecule has 3 aromatic carbocycles. The summed E-state index contributed by atoms with van der Waals surface area (Å²) in [5.41, 5.74) is 5.50. The smallest absolute Gasteiger partial charge is 0.343 e. The predicted octanol–water partition coefficient (Wildman–Crippen LogP) is 8.67. The van der Waals surface area contributed by atoms with Gasteiger partial charge in [0.05, 0.1) is 5.56 Å². The Labute approximate surface area is 200 Å². The summed E-state index contributed by atoms with van der Waals surface area (Å²) < 4.78 is 5.57. The number of benzene rings is 3. The Morgan fingerprint density at radius 2 is 1.30 bits per heavy atom. The fraction of sp³-hybridized carbons (Fsp3) is 0.387. The van der Waals surface area contributed by atoms with Crippen LogP contribution < -0.4 is 4.74 Å². The Morgan fingerprint density at radius 1 is 0.727 bits per heavy atom. The third-order valence-corrected chi connectivity index (χ3v) is 6.39. The first kappa shape index (κ1) is 24.8. The molecule has 3 aromatic rings. The predicted molar refractivity (Wildman–Crippen MR) is 139 cm³/mol. The molecule has 0 aliphatic heterocycles. The summed E-state index contributed by atoms with van der Waals surface area (Å²) in [6.07, 6.45) is 9.90. The third-order valence-electron chi connectivity index (χ3n) is 6.39. The van der Waals surface area contributed by atoms with Gasteiger partial charge >= 0.3 is 5.97 Å². The quantitative estimate of drug-likeness (QED) is 0.159. The van der Waals surface area contributed by atoms with Crippen molar-refractivity contribution < 1.29 is 9.53 Å². The van der Waals surface area contributed by atoms with Crippen LogP contribution in [0.15, 0.2) is 72.8 Å². The van der Waals surface area contributed by atoms with Crippen molar-refractivity contribution >= 4 is 5.97 Å². The van der Waals surface area contributed by atoms with Gasteiger partial charge in [-0.05, 0) is 71.7 Å². The van der Waals surface area contributed by atoms with Gasteiger partial charge in [-0.25, -0.2) is 4.79 Å². The van der Waals surface area contributed by atoms with E-state index in [2.05, 4.69) is 45.0 Å². The average Bonchev–Trinajstić information content (AvgIpc) is 2.85. The van der Waals surface area contributed by atoms with Crippen LogP contribution in [0.1, 0.15) is 80.8 Å². The molecule has 0 heterocycles. The number of hydrogen-bond donors (Lipinski definition) is 0. The lowest BCUT2D eigenvalue weighted by Crippen LogP contribution is -2.08. The first-order valence-corrected chi connectivity index (χ1v) is 12.6. The van der Waals surface area contributed by atoms with Crippen LogP contribution in [0.3, 0.4) is 0 Å². The highest BCUT2D eigenvalue weighted by Gasteiger charge is 2.10. The minimum Gasteiger partial charge on any atom is -0.423 e. The maximum Gasteiger partial charge on any atom is 0.343 e. The van der Waals surface area contributed by atoms with Gasteiger partial charge in [-0.2, -0.15) is 0 Å². The lowest BCUT2D eigenvalue weighted by Gasteiger charge is -2.10. The fourth-order valence-electron chi connectivity index (χ4n) is 4.00. The normalized spacial score (nSPS) is 11.8. The molecule has 0 N–H and O–H groups in total. The zero-order chi connectivity index (χ0) is 23.5. The van der Waals surface area contributed by atoms with Crippen molar-refractivity contribution in [3.8, 4) is 16.9 Å². The molecule has 0 aromatic heterocycles. The molecule has 0 aliphatic carbocycles. The molecule has 3 rings (SSSR count). The van der Waals surface area contributed by atoms with Crippen LogP contribution in [0.5, 0.6) is 5.75 Å². The topological polar surface area (TPSA) is 26.3 Å². The molecule has 2 nitrogen and oxygen atoms in total. The summed E-state index contributed by atoms with van der Waals surface area (Å²) in [4.78, 5) is 12.6. The minimum absolute atomic E-state index is 0.324. The number of carbonyl (C=O) groups is 1. The first-order valence-electron chi connectivity index (χ1n) is 12.6. The summed E-state index contributed by atoms with van der Waals surface area (Å²) in [6.45, 7) is 6.71. The Kier molecular flexibility index (Phi) is 9.75. The van der Waals surface area contributed by atoms with Crippen molar-refractivity contribution in [1.82, 2.24) is 0 Å². The van der Waals surface area contributed by atoms with Gasteiger partial charge < -0.3 is 4.74 Å². The van der Waals surface area contributed by atoms with Crippen molar-refractivity contribution in [3.63, 3.8) is 0 Å². The van der Waals surface area contributed by atoms with Gasteiger partial charge in [-0.15, -0.1) is 0 Å². The van der Waals surface area contributed by atoms with E-state index < -0.39 is 0 Å². The molecule has 0 amide bonds. The van der Waals surface area contributed by atoms with Crippen molar-refractivity contribution in [1.29, 1.82) is 0 Å². The second kappa shape index (κ2) is 13.0. The Morgan fingerprint density at radius 3 is 1.91 bits per heavy atom. The van der Waals surface area contributed by atoms with E-state index in [0.717, 1.165) is 24.8 Å². The maximum atomic E-state index is 12.6. The molecule has 0 aliphatic rings. The Hall–Kier alpha value is -2.87. The van der Waals surface area contributed by atoms with Crippen LogP contribution in [-0.2, 0) is 12.8 Å². The van der Waals surface area contributed by atoms with Crippen LogP contribution in [0.25, 0.3) is 11.1 Å². The molecule has 0 bridgehead atoms. The Bertz CT molecular complexity index is 969. The van der Waals surface area contributed by atoms with Crippen molar-refractivity contribution in [2.24, 2.45) is 5.92 Å². The molecular formula is C31H38O2. The molecule has 0 radical (unpaired) electrons. The van der Waals surface area contributed by atoms with Crippen molar-refractivity contribution in [2.75, 3.05) is 0 Å². The molecule has 174 valence electrons. The van der Waals surface area contributed by atoms with Crippen molar-refractivity contribution in [3.05, 3.63) is 89.5 Å². The molecule has 0 unspecified atom stereocenters. The highest BCUT2D eigenvalue weighted by Crippen LogP contribution is 2.22. The van der Waals surface area contributed by atoms with Gasteiger partial charge in [0, 0.05) is 0 Å². The van der Waals surface area contributed by atoms with E-state index in [1.165, 1.54) is 48.8 Å². The minimum atomic E-state index is -0.324. The molecule has 1 atom stereocenters. The first-order chi connectivity index (χ1) is 16.1. The number of carbonyl (C=O) groups excluding carboxylic acids is 1. The molecular weight excluding hydrogens is 404 g/mol. The lowest BCUT2D eigenvalue weighted by molar-refractivity contribution is 0.0734. The van der Waals surface area contributed by atoms with Crippen LogP contribution in [0.4, 0.5) is 0 Å². The largest absolute Gasteiger partial charge is 0.423 e. The van der Waals surface area contributed by atoms with Gasteiger partial charge in [0.2, 0.25) is 0 Å². The summed E-state index contributed by atoms with van der Waals surface area (Å²) in [6, 6.07) is 24.3. The van der Waals surface area contributed by atoms with E-state index in [9.17, 15) is 4.79 Å². The van der Waals surface area contributed by atoms with E-state index in [1.807, 2.05) is 48.5 Å². The zero-order valence-electron chi connectivity index (χ0n) is 20.5. The van der Waals surface area contributed by atoms with E-state index in [-0.39, 0.29) is 5.97 Å². The number of esters is 1. The molecule has 0 saturated heterocycles. The second-order valence-electron chi connectivity index (χ2n) is 9.19. The summed E-state index contributed by atoms with van der Waals surface area (Å²) in [5.74, 6) is 0.917. The second-order valence-corrected chi connectivity index (χ2v) is 9.19. The number of hydrogen-bond acceptors (Lipinski definition) is 2. The SMILES string of the molecule is CCCCCCCc1ccc(-c2ccc(C(=O)Oc3ccc(C[C@@H](C)CC)cc3)cc2)cc1. The molecule has 2 heteroatoms. The third kappa shape index (κ3) is 7.89. The molecule has 0 spiro atoms. The van der Waals surface area contributed by atoms with Crippen LogP contribution in [0, 0.1) is 5.92 Å². The lowest BCUT2D eigenvalue weighted by atomic mass is 9.99. The van der Waals surface area contributed by atoms with E-state index in [1.54, 1.807) is 0 Å². The highest BCUT2D eigenvalue weighted by atomic mass is 16.5. The zero-order valence-corrected chi connectivity index (χ0v) is 20.5. The summed E-state index contributed by atoms with van der Waals surface area (Å²) in [5, 5.41) is 0. The van der Waals surface area contributed by atoms with E-state index in [0.29, 0.717) is 17.2 Å². The monoisotopic (exact) mass is 442 g/mol. The van der Waals surface area contributed by atoms with Gasteiger partial charge in [0.25, 0.3) is 0 Å². The van der Waals surface area contributed by atoms with Gasteiger partial charge in [0.15, 0.2) is 0 Å². The number of unbranched alkanes of at least 4 members (excludes halogenated alkanes) is 4. The van der Waals surface area contributed by atoms with Gasteiger partial charge in [-0.1, -0.05) is 101 Å². The number of rotatable bonds is 12. The number of aryl methyl sites for hydroxylation is 1. The van der Waals surface area contributed by atoms with E-state index >= 15 is 0 Å². The fourth-order valence-corrected chi connectivity index (χ4v) is 4.00. The van der Waals surface area contributed by atoms with Crippen LogP contribution >= 0.6 is 0 Å². The average molecular weight is 443 g/mol. The molecule has 0 fully saturated rings. The number of ether oxygens (including phenoxy) is 1. The maximum absolute atomic E-state index is 12.6. The molecule has 0 saturated carbocycles. The molecule has 33 heavy (non-hydrogen) atoms. The summed E-state index contributed by atoms with van der Waals surface area (Å²) >= 11 is 0. The van der Waals surface area contributed by atoms with E-state index in [4.69, 9.17) is 4.74 Å². The standard InChI is InChI=1S/C31H38O2/c1-4-6-7-8-9-10-25-11-15-27(16-12-25)28-17-19-29(20-18-28)31(32)33-30-21-13-26(14-22-30)23-24(3)5-2/h11-22,24H,4-10,23H2,1-3H3/t24-/m0/s1. The van der Waals surface area contributed by atoms with Crippen molar-refractivity contribution in [2.45, 2.75) is 72.1 Å². The Balaban J connectivity index is 1.53. The van der Waals surface area contributed by atoms with Crippen LogP contribution in [-0.4, -0.2) is 5.97 Å². The van der Waals surface area contributed by atoms with Crippen LogP contribution in [0.2, 0.25) is 0 Å². The van der Waals surface area contributed by atoms with Gasteiger partial charge in [0.1, 0.15) is 5.75 Å². The summed E-state index contributed by atoms with van der Waals surface area (Å²) in [7, 11) is 0. The highest BCUT2D eigenvalue weighted by molar-refractivity contribution is 5.91. The van der Waals surface area contributed by atoms with Gasteiger partial charge in [-0.3, -0.25) is 0 Å².